The van der Waals surface area contributed by atoms with Gasteiger partial charge in [0.25, 0.3) is 0 Å². The molecule has 3 nitrogen and oxygen atoms in total. The largest absolute Gasteiger partial charge is 0.477 e. The van der Waals surface area contributed by atoms with E-state index in [1.165, 1.54) is 57.8 Å². The van der Waals surface area contributed by atoms with E-state index in [1.54, 1.807) is 0 Å². The Morgan fingerprint density at radius 1 is 0.842 bits per heavy atom. The standard InChI is InChI=1S/C15H29NO2.Na/c1-2-3-4-5-6-7-8-9-10-11-12-13-14(16)15(17)18;/h16H,2-13H2,1H3,(H,17,18);. The SMILES string of the molecule is CCCCCCCCCCCCCC(=N)C(=O)O.[Na]. The van der Waals surface area contributed by atoms with Crippen LogP contribution in [-0.4, -0.2) is 46.3 Å². The minimum atomic E-state index is -1.07. The van der Waals surface area contributed by atoms with Crippen LogP contribution in [-0.2, 0) is 4.79 Å². The van der Waals surface area contributed by atoms with Gasteiger partial charge in [0.2, 0.25) is 0 Å². The Kier molecular flexibility index (Phi) is 18.3. The summed E-state index contributed by atoms with van der Waals surface area (Å²) < 4.78 is 0. The summed E-state index contributed by atoms with van der Waals surface area (Å²) in [5.41, 5.74) is -0.147. The second-order valence-corrected chi connectivity index (χ2v) is 5.07. The van der Waals surface area contributed by atoms with Crippen LogP contribution in [0.3, 0.4) is 0 Å². The second kappa shape index (κ2) is 16.2. The molecule has 0 heterocycles. The maximum absolute atomic E-state index is 10.4. The normalized spacial score (nSPS) is 9.95. The zero-order valence-electron chi connectivity index (χ0n) is 12.8. The van der Waals surface area contributed by atoms with Crippen LogP contribution in [0.25, 0.3) is 0 Å². The monoisotopic (exact) mass is 278 g/mol. The molecule has 107 valence electrons. The van der Waals surface area contributed by atoms with Gasteiger partial charge in [-0.25, -0.2) is 4.79 Å². The van der Waals surface area contributed by atoms with E-state index in [-0.39, 0.29) is 35.3 Å². The number of rotatable bonds is 13. The van der Waals surface area contributed by atoms with Crippen LogP contribution in [0.15, 0.2) is 0 Å². The molecule has 19 heavy (non-hydrogen) atoms. The topological polar surface area (TPSA) is 61.2 Å². The predicted molar refractivity (Wildman–Crippen MR) is 82.2 cm³/mol. The third-order valence-corrected chi connectivity index (χ3v) is 3.29. The third kappa shape index (κ3) is 16.1. The van der Waals surface area contributed by atoms with Crippen LogP contribution in [0.5, 0.6) is 0 Å². The van der Waals surface area contributed by atoms with Gasteiger partial charge in [-0.05, 0) is 12.8 Å². The summed E-state index contributed by atoms with van der Waals surface area (Å²) >= 11 is 0. The number of hydrogen-bond donors (Lipinski definition) is 2. The van der Waals surface area contributed by atoms with Crippen molar-refractivity contribution in [3.8, 4) is 0 Å². The fourth-order valence-electron chi connectivity index (χ4n) is 2.07. The molecule has 0 rings (SSSR count). The summed E-state index contributed by atoms with van der Waals surface area (Å²) in [6.45, 7) is 2.24. The number of carboxylic acid groups (broad SMARTS) is 1. The Morgan fingerprint density at radius 3 is 1.58 bits per heavy atom. The van der Waals surface area contributed by atoms with Crippen LogP contribution >= 0.6 is 0 Å². The average molecular weight is 278 g/mol. The first-order valence-corrected chi connectivity index (χ1v) is 7.49. The first-order valence-electron chi connectivity index (χ1n) is 7.49. The fraction of sp³-hybridized carbons (Fsp3) is 0.867. The molecular weight excluding hydrogens is 249 g/mol. The number of carboxylic acids is 1. The molecule has 0 fully saturated rings. The summed E-state index contributed by atoms with van der Waals surface area (Å²) in [6, 6.07) is 0. The maximum atomic E-state index is 10.4. The molecule has 0 aliphatic heterocycles. The van der Waals surface area contributed by atoms with Gasteiger partial charge < -0.3 is 5.11 Å². The molecule has 0 saturated carbocycles. The number of hydrogen-bond acceptors (Lipinski definition) is 2. The molecule has 0 aromatic rings. The van der Waals surface area contributed by atoms with Crippen molar-refractivity contribution < 1.29 is 9.90 Å². The van der Waals surface area contributed by atoms with Crippen molar-refractivity contribution in [2.24, 2.45) is 0 Å². The molecule has 0 aromatic heterocycles. The molecule has 0 saturated heterocycles. The van der Waals surface area contributed by atoms with Crippen molar-refractivity contribution in [1.29, 1.82) is 5.41 Å². The van der Waals surface area contributed by atoms with Crippen molar-refractivity contribution >= 4 is 41.2 Å². The second-order valence-electron chi connectivity index (χ2n) is 5.07. The zero-order chi connectivity index (χ0) is 13.6. The molecule has 0 spiro atoms. The van der Waals surface area contributed by atoms with Crippen molar-refractivity contribution in [2.45, 2.75) is 84.0 Å². The number of aliphatic carboxylic acids is 1. The maximum Gasteiger partial charge on any atom is 0.349 e. The van der Waals surface area contributed by atoms with Crippen molar-refractivity contribution in [1.82, 2.24) is 0 Å². The van der Waals surface area contributed by atoms with E-state index in [9.17, 15) is 4.79 Å². The molecule has 2 N–H and O–H groups in total. The summed E-state index contributed by atoms with van der Waals surface area (Å²) in [4.78, 5) is 10.4. The van der Waals surface area contributed by atoms with E-state index in [1.807, 2.05) is 0 Å². The first kappa shape index (κ1) is 21.4. The molecular formula is C15H29NNaO2. The molecule has 0 atom stereocenters. The smallest absolute Gasteiger partial charge is 0.349 e. The molecule has 0 aliphatic rings. The summed E-state index contributed by atoms with van der Waals surface area (Å²) in [5.74, 6) is -1.07. The molecule has 0 bridgehead atoms. The number of nitrogens with one attached hydrogen (secondary N) is 1. The fourth-order valence-corrected chi connectivity index (χ4v) is 2.07. The Bertz CT molecular complexity index is 232. The Morgan fingerprint density at radius 2 is 1.21 bits per heavy atom. The van der Waals surface area contributed by atoms with E-state index in [4.69, 9.17) is 10.5 Å². The Balaban J connectivity index is 0. The van der Waals surface area contributed by atoms with E-state index in [2.05, 4.69) is 6.92 Å². The Hall–Kier alpha value is 0.140. The van der Waals surface area contributed by atoms with Gasteiger partial charge in [-0.2, -0.15) is 0 Å². The van der Waals surface area contributed by atoms with E-state index in [0.717, 1.165) is 12.8 Å². The van der Waals surface area contributed by atoms with Crippen LogP contribution in [0.1, 0.15) is 84.0 Å². The third-order valence-electron chi connectivity index (χ3n) is 3.29. The van der Waals surface area contributed by atoms with Crippen LogP contribution in [0, 0.1) is 5.41 Å². The zero-order valence-corrected chi connectivity index (χ0v) is 14.8. The quantitative estimate of drug-likeness (QED) is 0.298. The summed E-state index contributed by atoms with van der Waals surface area (Å²) in [7, 11) is 0. The summed E-state index contributed by atoms with van der Waals surface area (Å²) in [5, 5.41) is 15.7. The van der Waals surface area contributed by atoms with Gasteiger partial charge in [0.15, 0.2) is 0 Å². The summed E-state index contributed by atoms with van der Waals surface area (Å²) in [6.07, 6.45) is 14.2. The van der Waals surface area contributed by atoms with Crippen LogP contribution < -0.4 is 0 Å². The minimum Gasteiger partial charge on any atom is -0.477 e. The molecule has 0 amide bonds. The van der Waals surface area contributed by atoms with Gasteiger partial charge in [-0.15, -0.1) is 0 Å². The van der Waals surface area contributed by atoms with Gasteiger partial charge in [-0.3, -0.25) is 5.41 Å². The molecule has 0 unspecified atom stereocenters. The average Bonchev–Trinajstić information content (AvgIpc) is 2.35. The van der Waals surface area contributed by atoms with E-state index >= 15 is 0 Å². The Labute approximate surface area is 140 Å². The van der Waals surface area contributed by atoms with Gasteiger partial charge in [0.1, 0.15) is 5.71 Å². The molecule has 0 aromatic carbocycles. The van der Waals surface area contributed by atoms with E-state index < -0.39 is 5.97 Å². The van der Waals surface area contributed by atoms with Gasteiger partial charge in [0.05, 0.1) is 0 Å². The van der Waals surface area contributed by atoms with Crippen molar-refractivity contribution in [3.63, 3.8) is 0 Å². The predicted octanol–water partition coefficient (Wildman–Crippen LogP) is 4.41. The van der Waals surface area contributed by atoms with Gasteiger partial charge in [0, 0.05) is 29.6 Å². The molecule has 4 heteroatoms. The van der Waals surface area contributed by atoms with Crippen LogP contribution in [0.2, 0.25) is 0 Å². The number of carbonyl (C=O) groups is 1. The molecule has 1 radical (unpaired) electrons. The minimum absolute atomic E-state index is 0. The van der Waals surface area contributed by atoms with Crippen molar-refractivity contribution in [3.05, 3.63) is 0 Å². The van der Waals surface area contributed by atoms with Gasteiger partial charge in [-0.1, -0.05) is 71.1 Å². The van der Waals surface area contributed by atoms with Crippen LogP contribution in [0.4, 0.5) is 0 Å². The van der Waals surface area contributed by atoms with E-state index in [0.29, 0.717) is 6.42 Å². The van der Waals surface area contributed by atoms with Crippen molar-refractivity contribution in [2.75, 3.05) is 0 Å². The van der Waals surface area contributed by atoms with Gasteiger partial charge >= 0.3 is 5.97 Å². The number of unbranched alkanes of at least 4 members (excludes halogenated alkanes) is 10. The molecule has 0 aliphatic carbocycles. The first-order chi connectivity index (χ1) is 8.68.